The molecular weight excluding hydrogens is 216 g/mol. The third kappa shape index (κ3) is 2.67. The Balaban J connectivity index is 3.06. The summed E-state index contributed by atoms with van der Waals surface area (Å²) < 4.78 is 48.5. The maximum atomic E-state index is 12.8. The summed E-state index contributed by atoms with van der Waals surface area (Å²) >= 11 is 0. The lowest BCUT2D eigenvalue weighted by atomic mass is 10.2. The summed E-state index contributed by atoms with van der Waals surface area (Å²) in [7, 11) is -5.16. The normalized spacial score (nSPS) is 10.6. The van der Waals surface area contributed by atoms with E-state index < -0.39 is 22.1 Å². The molecular formula is C7H3F2NO3S. The lowest BCUT2D eigenvalue weighted by Gasteiger charge is -1.99. The van der Waals surface area contributed by atoms with Crippen molar-refractivity contribution >= 4 is 10.5 Å². The molecule has 0 aliphatic heterocycles. The van der Waals surface area contributed by atoms with Crippen LogP contribution in [0, 0.1) is 17.1 Å². The Hall–Kier alpha value is -1.68. The largest absolute Gasteiger partial charge is 0.488 e. The summed E-state index contributed by atoms with van der Waals surface area (Å²) in [5.41, 5.74) is -0.284. The molecule has 0 aromatic heterocycles. The van der Waals surface area contributed by atoms with E-state index in [2.05, 4.69) is 4.18 Å². The molecule has 0 atom stereocenters. The van der Waals surface area contributed by atoms with Crippen LogP contribution in [0.15, 0.2) is 18.2 Å². The molecule has 0 saturated heterocycles. The summed E-state index contributed by atoms with van der Waals surface area (Å²) in [4.78, 5) is 0. The van der Waals surface area contributed by atoms with Crippen LogP contribution in [0.2, 0.25) is 0 Å². The molecule has 4 nitrogen and oxygen atoms in total. The van der Waals surface area contributed by atoms with Gasteiger partial charge >= 0.3 is 10.5 Å². The first-order valence-corrected chi connectivity index (χ1v) is 4.57. The van der Waals surface area contributed by atoms with Crippen LogP contribution in [0.25, 0.3) is 0 Å². The third-order valence-corrected chi connectivity index (χ3v) is 1.65. The van der Waals surface area contributed by atoms with Crippen molar-refractivity contribution in [3.8, 4) is 11.8 Å². The molecule has 0 fully saturated rings. The van der Waals surface area contributed by atoms with Crippen molar-refractivity contribution in [3.05, 3.63) is 29.6 Å². The Morgan fingerprint density at radius 1 is 1.43 bits per heavy atom. The Morgan fingerprint density at radius 3 is 2.50 bits per heavy atom. The highest BCUT2D eigenvalue weighted by atomic mass is 32.3. The molecule has 0 unspecified atom stereocenters. The van der Waals surface area contributed by atoms with Gasteiger partial charge in [0.05, 0.1) is 5.56 Å². The second kappa shape index (κ2) is 3.59. The number of hydrogen-bond acceptors (Lipinski definition) is 4. The zero-order valence-corrected chi connectivity index (χ0v) is 7.38. The van der Waals surface area contributed by atoms with E-state index >= 15 is 0 Å². The summed E-state index contributed by atoms with van der Waals surface area (Å²) in [5.74, 6) is -1.50. The van der Waals surface area contributed by atoms with E-state index in [9.17, 15) is 16.7 Å². The summed E-state index contributed by atoms with van der Waals surface area (Å²) in [5, 5.41) is 8.32. The monoisotopic (exact) mass is 219 g/mol. The fourth-order valence-corrected chi connectivity index (χ4v) is 1.09. The van der Waals surface area contributed by atoms with E-state index in [1.165, 1.54) is 6.07 Å². The number of hydrogen-bond donors (Lipinski definition) is 0. The van der Waals surface area contributed by atoms with E-state index in [0.29, 0.717) is 6.07 Å². The van der Waals surface area contributed by atoms with Gasteiger partial charge in [0.15, 0.2) is 0 Å². The van der Waals surface area contributed by atoms with E-state index in [0.717, 1.165) is 12.1 Å². The minimum atomic E-state index is -5.16. The van der Waals surface area contributed by atoms with Gasteiger partial charge in [-0.05, 0) is 12.1 Å². The van der Waals surface area contributed by atoms with Crippen molar-refractivity contribution in [3.63, 3.8) is 0 Å². The average molecular weight is 219 g/mol. The minimum absolute atomic E-state index is 0.284. The first-order chi connectivity index (χ1) is 6.42. The Labute approximate surface area is 78.8 Å². The van der Waals surface area contributed by atoms with Crippen molar-refractivity contribution in [1.82, 2.24) is 0 Å². The van der Waals surface area contributed by atoms with Crippen LogP contribution in [0.3, 0.4) is 0 Å². The topological polar surface area (TPSA) is 67.2 Å². The summed E-state index contributed by atoms with van der Waals surface area (Å²) in [6.07, 6.45) is 0. The molecule has 0 aliphatic carbocycles. The number of rotatable bonds is 2. The van der Waals surface area contributed by atoms with Crippen LogP contribution in [0.5, 0.6) is 5.75 Å². The van der Waals surface area contributed by atoms with Gasteiger partial charge in [0.25, 0.3) is 0 Å². The van der Waals surface area contributed by atoms with Crippen molar-refractivity contribution in [2.45, 2.75) is 0 Å². The van der Waals surface area contributed by atoms with E-state index in [4.69, 9.17) is 5.26 Å². The van der Waals surface area contributed by atoms with Gasteiger partial charge in [0.2, 0.25) is 0 Å². The third-order valence-electron chi connectivity index (χ3n) is 1.26. The SMILES string of the molecule is N#Cc1ccc(OS(=O)(=O)F)cc1F. The van der Waals surface area contributed by atoms with Crippen LogP contribution in [-0.4, -0.2) is 8.42 Å². The quantitative estimate of drug-likeness (QED) is 0.703. The lowest BCUT2D eigenvalue weighted by Crippen LogP contribution is -2.01. The lowest BCUT2D eigenvalue weighted by molar-refractivity contribution is 0.438. The van der Waals surface area contributed by atoms with Crippen molar-refractivity contribution in [2.75, 3.05) is 0 Å². The number of nitrogens with zero attached hydrogens (tertiary/aromatic N) is 1. The van der Waals surface area contributed by atoms with E-state index in [-0.39, 0.29) is 5.56 Å². The molecule has 7 heteroatoms. The zero-order chi connectivity index (χ0) is 10.8. The average Bonchev–Trinajstić information content (AvgIpc) is 2.01. The first-order valence-electron chi connectivity index (χ1n) is 3.26. The fraction of sp³-hybridized carbons (Fsp3) is 0. The van der Waals surface area contributed by atoms with Gasteiger partial charge in [0.1, 0.15) is 17.6 Å². The molecule has 0 radical (unpaired) electrons. The highest BCUT2D eigenvalue weighted by Crippen LogP contribution is 2.17. The van der Waals surface area contributed by atoms with E-state index in [1.807, 2.05) is 0 Å². The second-order valence-corrected chi connectivity index (χ2v) is 3.18. The van der Waals surface area contributed by atoms with Crippen LogP contribution >= 0.6 is 0 Å². The van der Waals surface area contributed by atoms with Crippen LogP contribution in [0.4, 0.5) is 8.28 Å². The molecule has 0 aliphatic rings. The van der Waals surface area contributed by atoms with E-state index in [1.54, 1.807) is 0 Å². The fourth-order valence-electron chi connectivity index (χ4n) is 0.753. The van der Waals surface area contributed by atoms with Gasteiger partial charge in [0, 0.05) is 6.07 Å². The maximum Gasteiger partial charge on any atom is 0.488 e. The molecule has 0 spiro atoms. The summed E-state index contributed by atoms with van der Waals surface area (Å²) in [6, 6.07) is 4.07. The van der Waals surface area contributed by atoms with Crippen LogP contribution in [0.1, 0.15) is 5.56 Å². The highest BCUT2D eigenvalue weighted by Gasteiger charge is 2.11. The number of halogens is 2. The second-order valence-electron chi connectivity index (χ2n) is 2.23. The minimum Gasteiger partial charge on any atom is -0.358 e. The highest BCUT2D eigenvalue weighted by molar-refractivity contribution is 7.81. The zero-order valence-electron chi connectivity index (χ0n) is 6.57. The molecule has 0 N–H and O–H groups in total. The van der Waals surface area contributed by atoms with Gasteiger partial charge in [-0.15, -0.1) is 0 Å². The van der Waals surface area contributed by atoms with Crippen molar-refractivity contribution in [2.24, 2.45) is 0 Å². The Kier molecular flexibility index (Phi) is 2.67. The van der Waals surface area contributed by atoms with Gasteiger partial charge in [-0.25, -0.2) is 4.39 Å². The number of benzene rings is 1. The standard InChI is InChI=1S/C7H3F2NO3S/c8-7-3-6(13-14(9,11)12)2-1-5(7)4-10/h1-3H. The first kappa shape index (κ1) is 10.4. The molecule has 0 heterocycles. The van der Waals surface area contributed by atoms with Crippen molar-refractivity contribution < 1.29 is 20.9 Å². The van der Waals surface area contributed by atoms with Crippen LogP contribution < -0.4 is 4.18 Å². The molecule has 1 rings (SSSR count). The van der Waals surface area contributed by atoms with Gasteiger partial charge < -0.3 is 4.18 Å². The molecule has 1 aromatic carbocycles. The maximum absolute atomic E-state index is 12.8. The predicted molar refractivity (Wildman–Crippen MR) is 41.8 cm³/mol. The Bertz CT molecular complexity index is 492. The smallest absolute Gasteiger partial charge is 0.358 e. The summed E-state index contributed by atoms with van der Waals surface area (Å²) in [6.45, 7) is 0. The van der Waals surface area contributed by atoms with Gasteiger partial charge in [-0.3, -0.25) is 0 Å². The van der Waals surface area contributed by atoms with Gasteiger partial charge in [-0.2, -0.15) is 13.7 Å². The molecule has 0 saturated carbocycles. The molecule has 74 valence electrons. The predicted octanol–water partition coefficient (Wildman–Crippen LogP) is 1.29. The van der Waals surface area contributed by atoms with Crippen LogP contribution in [-0.2, 0) is 10.5 Å². The molecule has 0 amide bonds. The van der Waals surface area contributed by atoms with Crippen molar-refractivity contribution in [1.29, 1.82) is 5.26 Å². The number of nitriles is 1. The Morgan fingerprint density at radius 2 is 2.07 bits per heavy atom. The molecule has 0 bridgehead atoms. The molecule has 1 aromatic rings. The van der Waals surface area contributed by atoms with Gasteiger partial charge in [-0.1, -0.05) is 3.89 Å². The molecule has 14 heavy (non-hydrogen) atoms.